The summed E-state index contributed by atoms with van der Waals surface area (Å²) >= 11 is 0. The molecule has 0 bridgehead atoms. The minimum atomic E-state index is -0.262. The molecule has 1 aliphatic carbocycles. The number of ether oxygens (including phenoxy) is 1. The number of phenols is 1. The summed E-state index contributed by atoms with van der Waals surface area (Å²) in [7, 11) is 0. The van der Waals surface area contributed by atoms with E-state index < -0.39 is 0 Å². The molecule has 0 amide bonds. The maximum Gasteiger partial charge on any atom is 0.127 e. The largest absolute Gasteiger partial charge is 0.508 e. The first kappa shape index (κ1) is 18.4. The van der Waals surface area contributed by atoms with E-state index in [0.717, 1.165) is 29.7 Å². The van der Waals surface area contributed by atoms with Crippen molar-refractivity contribution in [1.82, 2.24) is 0 Å². The normalized spacial score (nSPS) is 14.0. The number of phenolic OH excluding ortho intramolecular Hbond substituents is 1. The maximum absolute atomic E-state index is 9.77. The van der Waals surface area contributed by atoms with Crippen LogP contribution in [-0.4, -0.2) is 10.7 Å². The van der Waals surface area contributed by atoms with Crippen molar-refractivity contribution < 1.29 is 9.84 Å². The van der Waals surface area contributed by atoms with Crippen LogP contribution in [0.25, 0.3) is 11.1 Å². The lowest BCUT2D eigenvalue weighted by Gasteiger charge is -2.28. The Hall–Kier alpha value is -3.00. The first-order valence-corrected chi connectivity index (χ1v) is 9.82. The van der Waals surface area contributed by atoms with E-state index in [4.69, 9.17) is 4.74 Å². The third kappa shape index (κ3) is 3.68. The summed E-state index contributed by atoms with van der Waals surface area (Å²) in [5.41, 5.74) is 7.15. The molecule has 28 heavy (non-hydrogen) atoms. The monoisotopic (exact) mass is 370 g/mol. The van der Waals surface area contributed by atoms with Crippen LogP contribution < -0.4 is 4.74 Å². The molecule has 0 saturated heterocycles. The van der Waals surface area contributed by atoms with Gasteiger partial charge in [0.1, 0.15) is 17.1 Å². The predicted molar refractivity (Wildman–Crippen MR) is 116 cm³/mol. The lowest BCUT2D eigenvalue weighted by atomic mass is 9.79. The smallest absolute Gasteiger partial charge is 0.127 e. The van der Waals surface area contributed by atoms with Crippen molar-refractivity contribution in [1.29, 1.82) is 0 Å². The number of hydrogen-bond acceptors (Lipinski definition) is 2. The van der Waals surface area contributed by atoms with Gasteiger partial charge >= 0.3 is 0 Å². The van der Waals surface area contributed by atoms with Crippen LogP contribution >= 0.6 is 0 Å². The fraction of sp³-hybridized carbons (Fsp3) is 0.231. The van der Waals surface area contributed by atoms with E-state index in [9.17, 15) is 5.11 Å². The van der Waals surface area contributed by atoms with Crippen LogP contribution in [0.5, 0.6) is 11.5 Å². The Morgan fingerprint density at radius 1 is 0.750 bits per heavy atom. The molecule has 1 N–H and O–H groups in total. The van der Waals surface area contributed by atoms with Gasteiger partial charge in [-0.05, 0) is 79.6 Å². The number of rotatable bonds is 3. The Bertz CT molecular complexity index is 1020. The van der Waals surface area contributed by atoms with E-state index in [-0.39, 0.29) is 11.4 Å². The summed E-state index contributed by atoms with van der Waals surface area (Å²) in [4.78, 5) is 0. The zero-order chi connectivity index (χ0) is 19.7. The molecule has 0 radical (unpaired) electrons. The van der Waals surface area contributed by atoms with Crippen molar-refractivity contribution in [3.63, 3.8) is 0 Å². The SMILES string of the molecule is CC(C)(C)Oc1ccccc1C1=C(c2ccc(O)cc2)c2ccccc2CC1. The molecular weight excluding hydrogens is 344 g/mol. The predicted octanol–water partition coefficient (Wildman–Crippen LogP) is 6.47. The van der Waals surface area contributed by atoms with Crippen LogP contribution in [0, 0.1) is 0 Å². The van der Waals surface area contributed by atoms with E-state index in [1.54, 1.807) is 12.1 Å². The van der Waals surface area contributed by atoms with Crippen LogP contribution in [0.4, 0.5) is 0 Å². The Morgan fingerprint density at radius 2 is 1.39 bits per heavy atom. The fourth-order valence-corrected chi connectivity index (χ4v) is 3.89. The van der Waals surface area contributed by atoms with Gasteiger partial charge in [0.05, 0.1) is 0 Å². The Balaban J connectivity index is 1.96. The van der Waals surface area contributed by atoms with Crippen LogP contribution in [0.1, 0.15) is 49.4 Å². The highest BCUT2D eigenvalue weighted by atomic mass is 16.5. The number of fused-ring (bicyclic) bond motifs is 1. The molecule has 0 spiro atoms. The number of aryl methyl sites for hydroxylation is 1. The third-order valence-corrected chi connectivity index (χ3v) is 5.02. The zero-order valence-corrected chi connectivity index (χ0v) is 16.7. The minimum Gasteiger partial charge on any atom is -0.508 e. The first-order valence-electron chi connectivity index (χ1n) is 9.82. The van der Waals surface area contributed by atoms with E-state index in [1.165, 1.54) is 22.3 Å². The second kappa shape index (κ2) is 7.20. The summed E-state index contributed by atoms with van der Waals surface area (Å²) in [6, 6.07) is 24.5. The Morgan fingerprint density at radius 3 is 2.11 bits per heavy atom. The van der Waals surface area contributed by atoms with Gasteiger partial charge in [-0.2, -0.15) is 0 Å². The molecule has 0 unspecified atom stereocenters. The van der Waals surface area contributed by atoms with Crippen LogP contribution in [0.2, 0.25) is 0 Å². The van der Waals surface area contributed by atoms with Crippen LogP contribution in [0.15, 0.2) is 72.8 Å². The highest BCUT2D eigenvalue weighted by molar-refractivity contribution is 6.01. The molecule has 1 aliphatic rings. The van der Waals surface area contributed by atoms with E-state index in [2.05, 4.69) is 63.2 Å². The molecule has 3 aromatic carbocycles. The van der Waals surface area contributed by atoms with Crippen molar-refractivity contribution >= 4 is 11.1 Å². The van der Waals surface area contributed by atoms with Gasteiger partial charge in [0.2, 0.25) is 0 Å². The highest BCUT2D eigenvalue weighted by Crippen LogP contribution is 2.43. The molecule has 0 saturated carbocycles. The number of aromatic hydroxyl groups is 1. The van der Waals surface area contributed by atoms with Crippen molar-refractivity contribution in [2.24, 2.45) is 0 Å². The number of hydrogen-bond donors (Lipinski definition) is 1. The zero-order valence-electron chi connectivity index (χ0n) is 16.7. The number of benzene rings is 3. The molecule has 2 heteroatoms. The molecule has 0 aliphatic heterocycles. The third-order valence-electron chi connectivity index (χ3n) is 5.02. The summed E-state index contributed by atoms with van der Waals surface area (Å²) in [6.45, 7) is 6.24. The summed E-state index contributed by atoms with van der Waals surface area (Å²) < 4.78 is 6.30. The van der Waals surface area contributed by atoms with Crippen molar-refractivity contribution in [3.05, 3.63) is 95.1 Å². The quantitative estimate of drug-likeness (QED) is 0.572. The van der Waals surface area contributed by atoms with Crippen molar-refractivity contribution in [2.45, 2.75) is 39.2 Å². The number of allylic oxidation sites excluding steroid dienone is 1. The van der Waals surface area contributed by atoms with Crippen LogP contribution in [-0.2, 0) is 6.42 Å². The molecular formula is C26H26O2. The first-order chi connectivity index (χ1) is 13.4. The van der Waals surface area contributed by atoms with Gasteiger partial charge in [-0.1, -0.05) is 54.6 Å². The molecule has 0 fully saturated rings. The van der Waals surface area contributed by atoms with Gasteiger partial charge in [-0.25, -0.2) is 0 Å². The number of para-hydroxylation sites is 1. The molecule has 4 rings (SSSR count). The summed E-state index contributed by atoms with van der Waals surface area (Å²) in [5, 5.41) is 9.77. The summed E-state index contributed by atoms with van der Waals surface area (Å²) in [6.07, 6.45) is 1.97. The molecule has 0 heterocycles. The second-order valence-corrected chi connectivity index (χ2v) is 8.27. The fourth-order valence-electron chi connectivity index (χ4n) is 3.89. The molecule has 2 nitrogen and oxygen atoms in total. The van der Waals surface area contributed by atoms with E-state index in [1.807, 2.05) is 18.2 Å². The van der Waals surface area contributed by atoms with Crippen molar-refractivity contribution in [2.75, 3.05) is 0 Å². The minimum absolute atomic E-state index is 0.262. The van der Waals surface area contributed by atoms with Gasteiger partial charge in [0.15, 0.2) is 0 Å². The standard InChI is InChI=1S/C26H26O2/c1-26(2,3)28-24-11-7-6-10-22(24)23-17-14-18-8-4-5-9-21(18)25(23)19-12-15-20(27)16-13-19/h4-13,15-16,27H,14,17H2,1-3H3. The van der Waals surface area contributed by atoms with Gasteiger partial charge in [0.25, 0.3) is 0 Å². The maximum atomic E-state index is 9.77. The van der Waals surface area contributed by atoms with Gasteiger partial charge in [-0.15, -0.1) is 0 Å². The lowest BCUT2D eigenvalue weighted by molar-refractivity contribution is 0.130. The Kier molecular flexibility index (Phi) is 4.72. The topological polar surface area (TPSA) is 29.5 Å². The van der Waals surface area contributed by atoms with E-state index in [0.29, 0.717) is 0 Å². The van der Waals surface area contributed by atoms with Crippen molar-refractivity contribution in [3.8, 4) is 11.5 Å². The average Bonchev–Trinajstić information content (AvgIpc) is 2.67. The van der Waals surface area contributed by atoms with Crippen LogP contribution in [0.3, 0.4) is 0 Å². The lowest BCUT2D eigenvalue weighted by Crippen LogP contribution is -2.23. The average molecular weight is 370 g/mol. The Labute approximate surface area is 167 Å². The van der Waals surface area contributed by atoms with Gasteiger partial charge in [0, 0.05) is 5.56 Å². The summed E-state index contributed by atoms with van der Waals surface area (Å²) in [5.74, 6) is 1.20. The molecule has 0 atom stereocenters. The van der Waals surface area contributed by atoms with Gasteiger partial charge in [-0.3, -0.25) is 0 Å². The molecule has 0 aromatic heterocycles. The van der Waals surface area contributed by atoms with E-state index >= 15 is 0 Å². The molecule has 3 aromatic rings. The molecule has 142 valence electrons. The highest BCUT2D eigenvalue weighted by Gasteiger charge is 2.24. The van der Waals surface area contributed by atoms with Gasteiger partial charge < -0.3 is 9.84 Å². The second-order valence-electron chi connectivity index (χ2n) is 8.27.